The predicted molar refractivity (Wildman–Crippen MR) is 45.6 cm³/mol. The Bertz CT molecular complexity index is 128. The van der Waals surface area contributed by atoms with Gasteiger partial charge in [0.25, 0.3) is 0 Å². The number of rotatable bonds is 3. The van der Waals surface area contributed by atoms with Crippen LogP contribution in [0.1, 0.15) is 20.8 Å². The molecule has 0 saturated heterocycles. The van der Waals surface area contributed by atoms with Crippen molar-refractivity contribution in [3.8, 4) is 0 Å². The summed E-state index contributed by atoms with van der Waals surface area (Å²) in [7, 11) is 0. The molecule has 3 nitrogen and oxygen atoms in total. The third-order valence-corrected chi connectivity index (χ3v) is 1.04. The maximum Gasteiger partial charge on any atom is 0.332 e. The highest BCUT2D eigenvalue weighted by Gasteiger charge is 2.15. The molecule has 0 aromatic carbocycles. The molecule has 0 spiro atoms. The number of hydrogen-bond donors (Lipinski definition) is 0. The quantitative estimate of drug-likeness (QED) is 0.541. The van der Waals surface area contributed by atoms with E-state index in [1.165, 1.54) is 0 Å². The summed E-state index contributed by atoms with van der Waals surface area (Å²) < 4.78 is 9.74. The van der Waals surface area contributed by atoms with E-state index in [0.717, 1.165) is 0 Å². The van der Waals surface area contributed by atoms with Crippen LogP contribution >= 0.6 is 15.9 Å². The van der Waals surface area contributed by atoms with Crippen molar-refractivity contribution in [3.05, 3.63) is 0 Å². The molecular weight excluding hydrogens is 212 g/mol. The average Bonchev–Trinajstić information content (AvgIpc) is 1.79. The van der Waals surface area contributed by atoms with Crippen LogP contribution < -0.4 is 0 Å². The minimum absolute atomic E-state index is 0.00250. The van der Waals surface area contributed by atoms with Gasteiger partial charge in [0.1, 0.15) is 17.7 Å². The van der Waals surface area contributed by atoms with E-state index < -0.39 is 5.60 Å². The maximum atomic E-state index is 10.8. The third-order valence-electron chi connectivity index (χ3n) is 0.717. The first kappa shape index (κ1) is 10.9. The van der Waals surface area contributed by atoms with Crippen LogP contribution in [0.2, 0.25) is 0 Å². The summed E-state index contributed by atoms with van der Waals surface area (Å²) in [5.74, 6) is -0.336. The molecule has 0 heterocycles. The Hall–Kier alpha value is -0.0900. The van der Waals surface area contributed by atoms with Crippen LogP contribution in [0.4, 0.5) is 0 Å². The molecule has 0 aliphatic rings. The maximum absolute atomic E-state index is 10.8. The van der Waals surface area contributed by atoms with Crippen molar-refractivity contribution < 1.29 is 14.3 Å². The molecule has 0 rings (SSSR count). The molecule has 0 unspecified atom stereocenters. The molecule has 0 N–H and O–H groups in total. The zero-order valence-electron chi connectivity index (χ0n) is 7.02. The van der Waals surface area contributed by atoms with Crippen molar-refractivity contribution >= 4 is 21.9 Å². The van der Waals surface area contributed by atoms with Crippen LogP contribution in [0.3, 0.4) is 0 Å². The lowest BCUT2D eigenvalue weighted by Crippen LogP contribution is -2.26. The zero-order valence-corrected chi connectivity index (χ0v) is 8.60. The zero-order chi connectivity index (χ0) is 8.91. The second-order valence-corrected chi connectivity index (χ2v) is 3.50. The number of halogens is 1. The summed E-state index contributed by atoms with van der Waals surface area (Å²) in [5.41, 5.74) is -0.0704. The Balaban J connectivity index is 3.53. The molecule has 0 radical (unpaired) electrons. The summed E-state index contributed by atoms with van der Waals surface area (Å²) >= 11 is 3.03. The summed E-state index contributed by atoms with van der Waals surface area (Å²) in [6.45, 7) is 5.46. The van der Waals surface area contributed by atoms with Crippen molar-refractivity contribution in [2.75, 3.05) is 12.1 Å². The van der Waals surface area contributed by atoms with Gasteiger partial charge in [0.2, 0.25) is 0 Å². The van der Waals surface area contributed by atoms with Crippen molar-refractivity contribution in [1.82, 2.24) is 0 Å². The summed E-state index contributed by atoms with van der Waals surface area (Å²) in [6, 6.07) is 0. The first-order valence-electron chi connectivity index (χ1n) is 3.31. The van der Waals surface area contributed by atoms with Crippen LogP contribution in [-0.4, -0.2) is 23.7 Å². The first-order chi connectivity index (χ1) is 4.95. The highest BCUT2D eigenvalue weighted by molar-refractivity contribution is 9.09. The molecule has 4 heteroatoms. The van der Waals surface area contributed by atoms with E-state index in [2.05, 4.69) is 15.9 Å². The van der Waals surface area contributed by atoms with Gasteiger partial charge in [-0.15, -0.1) is 0 Å². The number of alkyl halides is 1. The molecule has 0 aromatic rings. The number of ether oxygens (including phenoxy) is 2. The topological polar surface area (TPSA) is 35.5 Å². The largest absolute Gasteiger partial charge is 0.458 e. The lowest BCUT2D eigenvalue weighted by atomic mass is 10.2. The van der Waals surface area contributed by atoms with Gasteiger partial charge in [-0.25, -0.2) is 4.79 Å². The van der Waals surface area contributed by atoms with Crippen molar-refractivity contribution in [2.24, 2.45) is 0 Å². The van der Waals surface area contributed by atoms with Crippen molar-refractivity contribution in [1.29, 1.82) is 0 Å². The predicted octanol–water partition coefficient (Wildman–Crippen LogP) is 1.70. The molecule has 0 atom stereocenters. The number of esters is 1. The molecular formula is C7H13BrO3. The Labute approximate surface area is 75.2 Å². The van der Waals surface area contributed by atoms with Crippen molar-refractivity contribution in [2.45, 2.75) is 26.4 Å². The third kappa shape index (κ3) is 7.81. The molecule has 11 heavy (non-hydrogen) atoms. The molecule has 0 bridgehead atoms. The van der Waals surface area contributed by atoms with E-state index in [1.807, 2.05) is 20.8 Å². The van der Waals surface area contributed by atoms with E-state index in [0.29, 0.717) is 5.52 Å². The minimum atomic E-state index is -0.424. The van der Waals surface area contributed by atoms with Gasteiger partial charge in [-0.2, -0.15) is 0 Å². The van der Waals surface area contributed by atoms with Gasteiger partial charge in [0.15, 0.2) is 0 Å². The highest BCUT2D eigenvalue weighted by Crippen LogP contribution is 2.06. The summed E-state index contributed by atoms with van der Waals surface area (Å²) in [6.07, 6.45) is 0. The van der Waals surface area contributed by atoms with Gasteiger partial charge in [0.05, 0.1) is 0 Å². The average molecular weight is 225 g/mol. The normalized spacial score (nSPS) is 11.3. The number of carbonyl (C=O) groups is 1. The van der Waals surface area contributed by atoms with Crippen LogP contribution in [-0.2, 0) is 14.3 Å². The molecule has 0 fully saturated rings. The van der Waals surface area contributed by atoms with Gasteiger partial charge in [0, 0.05) is 0 Å². The van der Waals surface area contributed by atoms with E-state index in [-0.39, 0.29) is 12.6 Å². The van der Waals surface area contributed by atoms with Crippen LogP contribution in [0.15, 0.2) is 0 Å². The number of carbonyl (C=O) groups excluding carboxylic acids is 1. The molecule has 66 valence electrons. The first-order valence-corrected chi connectivity index (χ1v) is 4.43. The summed E-state index contributed by atoms with van der Waals surface area (Å²) in [4.78, 5) is 10.8. The molecule has 0 aromatic heterocycles. The van der Waals surface area contributed by atoms with Gasteiger partial charge in [-0.3, -0.25) is 0 Å². The van der Waals surface area contributed by atoms with Crippen LogP contribution in [0.5, 0.6) is 0 Å². The Morgan fingerprint density at radius 2 is 2.00 bits per heavy atom. The fourth-order valence-electron chi connectivity index (χ4n) is 0.493. The molecule has 0 aliphatic carbocycles. The lowest BCUT2D eigenvalue weighted by Gasteiger charge is -2.18. The van der Waals surface area contributed by atoms with Crippen LogP contribution in [0, 0.1) is 0 Å². The SMILES string of the molecule is CC(C)(C)OC(=O)COCBr. The second kappa shape index (κ2) is 4.72. The smallest absolute Gasteiger partial charge is 0.332 e. The van der Waals surface area contributed by atoms with E-state index in [4.69, 9.17) is 9.47 Å². The molecule has 0 amide bonds. The van der Waals surface area contributed by atoms with Gasteiger partial charge < -0.3 is 9.47 Å². The minimum Gasteiger partial charge on any atom is -0.458 e. The lowest BCUT2D eigenvalue weighted by molar-refractivity contribution is -0.159. The second-order valence-electron chi connectivity index (χ2n) is 3.04. The highest BCUT2D eigenvalue weighted by atomic mass is 79.9. The summed E-state index contributed by atoms with van der Waals surface area (Å²) in [5, 5.41) is 0. The molecule has 0 aliphatic heterocycles. The van der Waals surface area contributed by atoms with E-state index >= 15 is 0 Å². The van der Waals surface area contributed by atoms with E-state index in [9.17, 15) is 4.79 Å². The Morgan fingerprint density at radius 1 is 1.45 bits per heavy atom. The van der Waals surface area contributed by atoms with Gasteiger partial charge in [-0.05, 0) is 20.8 Å². The van der Waals surface area contributed by atoms with Crippen LogP contribution in [0.25, 0.3) is 0 Å². The standard InChI is InChI=1S/C7H13BrO3/c1-7(2,3)11-6(9)4-10-5-8/h4-5H2,1-3H3. The Morgan fingerprint density at radius 3 is 2.36 bits per heavy atom. The van der Waals surface area contributed by atoms with Gasteiger partial charge in [-0.1, -0.05) is 15.9 Å². The fraction of sp³-hybridized carbons (Fsp3) is 0.857. The monoisotopic (exact) mass is 224 g/mol. The fourth-order valence-corrected chi connectivity index (χ4v) is 0.655. The number of hydrogen-bond acceptors (Lipinski definition) is 3. The van der Waals surface area contributed by atoms with E-state index in [1.54, 1.807) is 0 Å². The Kier molecular flexibility index (Phi) is 4.68. The molecule has 0 saturated carbocycles. The van der Waals surface area contributed by atoms with Gasteiger partial charge >= 0.3 is 5.97 Å². The van der Waals surface area contributed by atoms with Crippen molar-refractivity contribution in [3.63, 3.8) is 0 Å².